The number of nitrogens with zero attached hydrogens (tertiary/aromatic N) is 1. The number of amides is 2. The number of benzene rings is 3. The Hall–Kier alpha value is -2.26. The highest BCUT2D eigenvalue weighted by molar-refractivity contribution is 9.10. The van der Waals surface area contributed by atoms with Crippen LogP contribution in [0.4, 0.5) is 4.79 Å². The van der Waals surface area contributed by atoms with Gasteiger partial charge < -0.3 is 9.47 Å². The zero-order valence-corrected chi connectivity index (χ0v) is 22.6. The van der Waals surface area contributed by atoms with Gasteiger partial charge in [0.2, 0.25) is 0 Å². The number of rotatable bonds is 7. The molecule has 0 radical (unpaired) electrons. The van der Waals surface area contributed by atoms with Gasteiger partial charge >= 0.3 is 0 Å². The summed E-state index contributed by atoms with van der Waals surface area (Å²) in [6, 6.07) is 18.5. The monoisotopic (exact) mass is 621 g/mol. The van der Waals surface area contributed by atoms with E-state index in [9.17, 15) is 9.59 Å². The normalized spacial score (nSPS) is 14.7. The van der Waals surface area contributed by atoms with Crippen molar-refractivity contribution in [1.29, 1.82) is 0 Å². The van der Waals surface area contributed by atoms with E-state index in [-0.39, 0.29) is 24.3 Å². The molecule has 3 aromatic rings. The molecule has 0 saturated carbocycles. The van der Waals surface area contributed by atoms with E-state index >= 15 is 0 Å². The lowest BCUT2D eigenvalue weighted by molar-refractivity contribution is -0.123. The number of thioether (sulfide) groups is 1. The van der Waals surface area contributed by atoms with Crippen LogP contribution in [0, 0.1) is 0 Å². The Kier molecular flexibility index (Phi) is 8.03. The second kappa shape index (κ2) is 11.0. The molecule has 1 saturated heterocycles. The number of halogens is 3. The number of carbonyl (C=O) groups excluding carboxylic acids is 2. The first-order valence-electron chi connectivity index (χ1n) is 10.1. The van der Waals surface area contributed by atoms with Gasteiger partial charge in [0, 0.05) is 15.1 Å². The summed E-state index contributed by atoms with van der Waals surface area (Å²) in [6.07, 6.45) is 1.68. The van der Waals surface area contributed by atoms with Gasteiger partial charge in [0.1, 0.15) is 6.61 Å². The molecular formula is C25H18Br2ClNO4S. The molecule has 0 N–H and O–H groups in total. The van der Waals surface area contributed by atoms with Gasteiger partial charge in [-0.25, -0.2) is 0 Å². The lowest BCUT2D eigenvalue weighted by Crippen LogP contribution is -2.27. The van der Waals surface area contributed by atoms with Gasteiger partial charge in [-0.2, -0.15) is 0 Å². The van der Waals surface area contributed by atoms with Gasteiger partial charge in [-0.05, 0) is 69.2 Å². The summed E-state index contributed by atoms with van der Waals surface area (Å²) in [5, 5.41) is 0.310. The third-order valence-corrected chi connectivity index (χ3v) is 7.68. The molecule has 0 bridgehead atoms. The molecule has 0 atom stereocenters. The summed E-state index contributed by atoms with van der Waals surface area (Å²) in [5.74, 6) is 0.668. The maximum atomic E-state index is 13.0. The number of carbonyl (C=O) groups is 2. The maximum Gasteiger partial charge on any atom is 0.293 e. The molecule has 1 aliphatic heterocycles. The molecule has 34 heavy (non-hydrogen) atoms. The Morgan fingerprint density at radius 2 is 1.71 bits per heavy atom. The zero-order chi connectivity index (χ0) is 24.2. The summed E-state index contributed by atoms with van der Waals surface area (Å²) in [5.41, 5.74) is 2.40. The molecular weight excluding hydrogens is 606 g/mol. The van der Waals surface area contributed by atoms with Gasteiger partial charge in [0.25, 0.3) is 11.1 Å². The minimum absolute atomic E-state index is 0.200. The third kappa shape index (κ3) is 5.51. The van der Waals surface area contributed by atoms with E-state index in [0.29, 0.717) is 31.5 Å². The first-order chi connectivity index (χ1) is 16.4. The Labute approximate surface area is 223 Å². The molecule has 4 rings (SSSR count). The number of ether oxygens (including phenoxy) is 2. The highest BCUT2D eigenvalue weighted by atomic mass is 79.9. The fourth-order valence-electron chi connectivity index (χ4n) is 3.31. The maximum absolute atomic E-state index is 13.0. The average molecular weight is 624 g/mol. The summed E-state index contributed by atoms with van der Waals surface area (Å²) < 4.78 is 13.0. The van der Waals surface area contributed by atoms with E-state index in [2.05, 4.69) is 31.9 Å². The van der Waals surface area contributed by atoms with Crippen LogP contribution >= 0.6 is 55.2 Å². The van der Waals surface area contributed by atoms with Crippen LogP contribution < -0.4 is 9.47 Å². The molecule has 0 aliphatic carbocycles. The molecule has 1 aliphatic rings. The van der Waals surface area contributed by atoms with Gasteiger partial charge in [0.15, 0.2) is 11.5 Å². The van der Waals surface area contributed by atoms with Crippen LogP contribution in [0.15, 0.2) is 74.5 Å². The van der Waals surface area contributed by atoms with E-state index < -0.39 is 0 Å². The van der Waals surface area contributed by atoms with Crippen molar-refractivity contribution in [2.45, 2.75) is 13.2 Å². The van der Waals surface area contributed by atoms with Gasteiger partial charge in [-0.15, -0.1) is 0 Å². The first-order valence-corrected chi connectivity index (χ1v) is 12.9. The van der Waals surface area contributed by atoms with Crippen LogP contribution in [0.2, 0.25) is 5.02 Å². The van der Waals surface area contributed by atoms with Crippen LogP contribution in [-0.2, 0) is 17.9 Å². The Balaban J connectivity index is 1.55. The molecule has 5 nitrogen and oxygen atoms in total. The van der Waals surface area contributed by atoms with E-state index in [1.807, 2.05) is 48.5 Å². The highest BCUT2D eigenvalue weighted by Crippen LogP contribution is 2.40. The zero-order valence-electron chi connectivity index (χ0n) is 17.9. The molecule has 0 unspecified atom stereocenters. The van der Waals surface area contributed by atoms with Crippen molar-refractivity contribution in [3.05, 3.63) is 96.2 Å². The molecule has 0 spiro atoms. The van der Waals surface area contributed by atoms with E-state index in [4.69, 9.17) is 21.1 Å². The standard InChI is InChI=1S/C25H18Br2ClNO4S/c1-32-21-11-15(10-19(27)23(21)33-14-17-7-3-5-9-20(17)28)12-22-24(30)29(25(31)34-22)13-16-6-2-4-8-18(16)26/h2-12H,13-14H2,1H3/b22-12-. The summed E-state index contributed by atoms with van der Waals surface area (Å²) in [4.78, 5) is 27.1. The second-order valence-electron chi connectivity index (χ2n) is 7.27. The van der Waals surface area contributed by atoms with Gasteiger partial charge in [-0.1, -0.05) is 63.9 Å². The van der Waals surface area contributed by atoms with Crippen molar-refractivity contribution in [1.82, 2.24) is 4.90 Å². The molecule has 174 valence electrons. The minimum Gasteiger partial charge on any atom is -0.493 e. The van der Waals surface area contributed by atoms with E-state index in [0.717, 1.165) is 27.4 Å². The predicted octanol–water partition coefficient (Wildman–Crippen LogP) is 7.69. The Morgan fingerprint density at radius 1 is 1.00 bits per heavy atom. The van der Waals surface area contributed by atoms with Crippen LogP contribution in [-0.4, -0.2) is 23.2 Å². The quantitative estimate of drug-likeness (QED) is 0.253. The second-order valence-corrected chi connectivity index (χ2v) is 10.4. The van der Waals surface area contributed by atoms with E-state index in [1.165, 1.54) is 4.90 Å². The van der Waals surface area contributed by atoms with Crippen LogP contribution in [0.1, 0.15) is 16.7 Å². The number of hydrogen-bond donors (Lipinski definition) is 0. The number of imide groups is 1. The van der Waals surface area contributed by atoms with Crippen molar-refractivity contribution in [3.8, 4) is 11.5 Å². The molecule has 2 amide bonds. The van der Waals surface area contributed by atoms with Crippen molar-refractivity contribution in [3.63, 3.8) is 0 Å². The van der Waals surface area contributed by atoms with Crippen LogP contribution in [0.25, 0.3) is 6.08 Å². The highest BCUT2D eigenvalue weighted by Gasteiger charge is 2.35. The lowest BCUT2D eigenvalue weighted by Gasteiger charge is -2.14. The van der Waals surface area contributed by atoms with E-state index in [1.54, 1.807) is 25.3 Å². The SMILES string of the molecule is COc1cc(/C=C2\SC(=O)N(Cc3ccccc3Br)C2=O)cc(Br)c1OCc1ccccc1Cl. The lowest BCUT2D eigenvalue weighted by atomic mass is 10.1. The Bertz CT molecular complexity index is 1300. The fourth-order valence-corrected chi connectivity index (χ4v) is 5.33. The number of methoxy groups -OCH3 is 1. The van der Waals surface area contributed by atoms with Gasteiger partial charge in [0.05, 0.1) is 23.0 Å². The van der Waals surface area contributed by atoms with Gasteiger partial charge in [-0.3, -0.25) is 14.5 Å². The largest absolute Gasteiger partial charge is 0.493 e. The Morgan fingerprint density at radius 3 is 2.41 bits per heavy atom. The van der Waals surface area contributed by atoms with Crippen LogP contribution in [0.3, 0.4) is 0 Å². The predicted molar refractivity (Wildman–Crippen MR) is 142 cm³/mol. The molecule has 0 aromatic heterocycles. The summed E-state index contributed by atoms with van der Waals surface area (Å²) >= 11 is 14.1. The summed E-state index contributed by atoms with van der Waals surface area (Å²) in [6.45, 7) is 0.465. The number of hydrogen-bond acceptors (Lipinski definition) is 5. The van der Waals surface area contributed by atoms with Crippen molar-refractivity contribution < 1.29 is 19.1 Å². The van der Waals surface area contributed by atoms with Crippen molar-refractivity contribution >= 4 is 72.4 Å². The minimum atomic E-state index is -0.333. The van der Waals surface area contributed by atoms with Crippen molar-refractivity contribution in [2.75, 3.05) is 7.11 Å². The molecule has 9 heteroatoms. The van der Waals surface area contributed by atoms with Crippen molar-refractivity contribution in [2.24, 2.45) is 0 Å². The molecule has 1 heterocycles. The summed E-state index contributed by atoms with van der Waals surface area (Å²) in [7, 11) is 1.54. The average Bonchev–Trinajstić information content (AvgIpc) is 3.07. The molecule has 1 fully saturated rings. The fraction of sp³-hybridized carbons (Fsp3) is 0.120. The topological polar surface area (TPSA) is 55.8 Å². The smallest absolute Gasteiger partial charge is 0.293 e. The van der Waals surface area contributed by atoms with Crippen LogP contribution in [0.5, 0.6) is 11.5 Å². The first kappa shape index (κ1) is 24.9. The molecule has 3 aromatic carbocycles. The third-order valence-electron chi connectivity index (χ3n) is 5.04.